The fourth-order valence-electron chi connectivity index (χ4n) is 1.42. The normalized spacial score (nSPS) is 23.0. The monoisotopic (exact) mass is 193 g/mol. The molecule has 76 valence electrons. The molecular formula is C11H15NO2. The number of hydrogen-bond acceptors (Lipinski definition) is 2. The number of carbonyl (C=O) groups excluding carboxylic acids is 1. The summed E-state index contributed by atoms with van der Waals surface area (Å²) in [7, 11) is 1.74. The smallest absolute Gasteiger partial charge is 0.410 e. The Hall–Kier alpha value is -1.51. The van der Waals surface area contributed by atoms with Crippen molar-refractivity contribution in [3.8, 4) is 0 Å². The minimum Gasteiger partial charge on any atom is -0.447 e. The maximum absolute atomic E-state index is 11.1. The number of allylic oxidation sites excluding steroid dienone is 3. The van der Waals surface area contributed by atoms with E-state index in [2.05, 4.69) is 6.58 Å². The van der Waals surface area contributed by atoms with Gasteiger partial charge in [0.25, 0.3) is 0 Å². The van der Waals surface area contributed by atoms with Gasteiger partial charge in [0.05, 0.1) is 6.04 Å². The number of likely N-dealkylation sites (N-methyl/N-ethyl adjacent to an activating group) is 1. The minimum atomic E-state index is -0.269. The Balaban J connectivity index is 2.84. The van der Waals surface area contributed by atoms with Crippen molar-refractivity contribution >= 4 is 6.09 Å². The number of hydrogen-bond donors (Lipinski definition) is 0. The van der Waals surface area contributed by atoms with Crippen molar-refractivity contribution in [3.05, 3.63) is 36.5 Å². The highest BCUT2D eigenvalue weighted by Crippen LogP contribution is 2.18. The quantitative estimate of drug-likeness (QED) is 0.642. The standard InChI is InChI=1S/C11H15NO2/c1-4-6-9(7-5-2)10-8-14-11(13)12(10)3/h4-7,10H,1,8H2,2-3H3/b7-5-,9-6+. The lowest BCUT2D eigenvalue weighted by Crippen LogP contribution is -2.30. The Morgan fingerprint density at radius 2 is 2.43 bits per heavy atom. The van der Waals surface area contributed by atoms with Gasteiger partial charge in [0.1, 0.15) is 6.61 Å². The van der Waals surface area contributed by atoms with Gasteiger partial charge >= 0.3 is 6.09 Å². The Bertz CT molecular complexity index is 292. The fourth-order valence-corrected chi connectivity index (χ4v) is 1.42. The van der Waals surface area contributed by atoms with Crippen LogP contribution in [0.5, 0.6) is 0 Å². The second kappa shape index (κ2) is 4.65. The van der Waals surface area contributed by atoms with Crippen LogP contribution in [0.25, 0.3) is 0 Å². The van der Waals surface area contributed by atoms with E-state index >= 15 is 0 Å². The number of rotatable bonds is 3. The molecule has 1 unspecified atom stereocenters. The molecule has 0 radical (unpaired) electrons. The molecule has 0 N–H and O–H groups in total. The van der Waals surface area contributed by atoms with Gasteiger partial charge in [0.2, 0.25) is 0 Å². The first-order valence-corrected chi connectivity index (χ1v) is 4.55. The molecule has 1 saturated heterocycles. The van der Waals surface area contributed by atoms with Crippen molar-refractivity contribution in [1.29, 1.82) is 0 Å². The molecule has 1 aliphatic heterocycles. The van der Waals surface area contributed by atoms with Gasteiger partial charge < -0.3 is 9.64 Å². The summed E-state index contributed by atoms with van der Waals surface area (Å²) >= 11 is 0. The van der Waals surface area contributed by atoms with Crippen LogP contribution in [0.1, 0.15) is 6.92 Å². The molecule has 14 heavy (non-hydrogen) atoms. The molecule has 1 aliphatic rings. The average Bonchev–Trinajstić information content (AvgIpc) is 2.48. The summed E-state index contributed by atoms with van der Waals surface area (Å²) in [4.78, 5) is 12.7. The molecule has 1 rings (SSSR count). The van der Waals surface area contributed by atoms with Crippen molar-refractivity contribution in [1.82, 2.24) is 4.90 Å². The summed E-state index contributed by atoms with van der Waals surface area (Å²) in [5.74, 6) is 0. The Labute approximate surface area is 84.3 Å². The van der Waals surface area contributed by atoms with Gasteiger partial charge in [-0.05, 0) is 12.5 Å². The van der Waals surface area contributed by atoms with E-state index in [0.29, 0.717) is 6.61 Å². The molecule has 0 bridgehead atoms. The molecule has 3 heteroatoms. The highest BCUT2D eigenvalue weighted by atomic mass is 16.6. The van der Waals surface area contributed by atoms with Crippen LogP contribution < -0.4 is 0 Å². The van der Waals surface area contributed by atoms with E-state index in [-0.39, 0.29) is 12.1 Å². The molecule has 0 aromatic rings. The summed E-state index contributed by atoms with van der Waals surface area (Å²) < 4.78 is 4.93. The summed E-state index contributed by atoms with van der Waals surface area (Å²) in [6.45, 7) is 6.00. The zero-order valence-electron chi connectivity index (χ0n) is 8.56. The topological polar surface area (TPSA) is 29.5 Å². The SMILES string of the molecule is C=C/C=C(\C=C/C)C1COC(=O)N1C. The summed E-state index contributed by atoms with van der Waals surface area (Å²) in [6.07, 6.45) is 7.24. The van der Waals surface area contributed by atoms with E-state index in [1.807, 2.05) is 25.2 Å². The lowest BCUT2D eigenvalue weighted by atomic mass is 10.1. The van der Waals surface area contributed by atoms with Gasteiger partial charge in [0, 0.05) is 7.05 Å². The van der Waals surface area contributed by atoms with Crippen LogP contribution in [0.3, 0.4) is 0 Å². The molecule has 1 heterocycles. The second-order valence-corrected chi connectivity index (χ2v) is 3.11. The minimum absolute atomic E-state index is 0.0108. The van der Waals surface area contributed by atoms with Crippen LogP contribution in [0.2, 0.25) is 0 Å². The first kappa shape index (κ1) is 10.6. The predicted molar refractivity (Wildman–Crippen MR) is 56.0 cm³/mol. The van der Waals surface area contributed by atoms with E-state index < -0.39 is 0 Å². The number of amides is 1. The second-order valence-electron chi connectivity index (χ2n) is 3.11. The average molecular weight is 193 g/mol. The van der Waals surface area contributed by atoms with E-state index in [1.165, 1.54) is 0 Å². The van der Waals surface area contributed by atoms with Crippen molar-refractivity contribution in [2.24, 2.45) is 0 Å². The van der Waals surface area contributed by atoms with E-state index in [0.717, 1.165) is 5.57 Å². The molecule has 1 atom stereocenters. The number of cyclic esters (lactones) is 1. The highest BCUT2D eigenvalue weighted by molar-refractivity contribution is 5.70. The summed E-state index contributed by atoms with van der Waals surface area (Å²) in [5.41, 5.74) is 1.04. The molecule has 0 aromatic carbocycles. The van der Waals surface area contributed by atoms with Crippen molar-refractivity contribution in [2.45, 2.75) is 13.0 Å². The maximum Gasteiger partial charge on any atom is 0.410 e. The van der Waals surface area contributed by atoms with Gasteiger partial charge in [-0.1, -0.05) is 30.9 Å². The summed E-state index contributed by atoms with van der Waals surface area (Å²) in [5, 5.41) is 0. The van der Waals surface area contributed by atoms with Gasteiger partial charge in [-0.25, -0.2) is 4.79 Å². The fraction of sp³-hybridized carbons (Fsp3) is 0.364. The molecular weight excluding hydrogens is 178 g/mol. The van der Waals surface area contributed by atoms with E-state index in [4.69, 9.17) is 4.74 Å². The molecule has 1 amide bonds. The van der Waals surface area contributed by atoms with E-state index in [9.17, 15) is 4.79 Å². The summed E-state index contributed by atoms with van der Waals surface area (Å²) in [6, 6.07) is 0.0108. The molecule has 1 fully saturated rings. The first-order valence-electron chi connectivity index (χ1n) is 4.55. The van der Waals surface area contributed by atoms with Gasteiger partial charge in [0.15, 0.2) is 0 Å². The van der Waals surface area contributed by atoms with Crippen LogP contribution in [0.4, 0.5) is 4.79 Å². The molecule has 0 aliphatic carbocycles. The Morgan fingerprint density at radius 1 is 1.71 bits per heavy atom. The lowest BCUT2D eigenvalue weighted by Gasteiger charge is -2.16. The van der Waals surface area contributed by atoms with Crippen LogP contribution in [-0.4, -0.2) is 30.7 Å². The van der Waals surface area contributed by atoms with Crippen LogP contribution in [0.15, 0.2) is 36.5 Å². The first-order chi connectivity index (χ1) is 6.70. The van der Waals surface area contributed by atoms with Gasteiger partial charge in [-0.2, -0.15) is 0 Å². The van der Waals surface area contributed by atoms with Crippen molar-refractivity contribution in [3.63, 3.8) is 0 Å². The Morgan fingerprint density at radius 3 is 2.86 bits per heavy atom. The largest absolute Gasteiger partial charge is 0.447 e. The maximum atomic E-state index is 11.1. The van der Waals surface area contributed by atoms with Crippen molar-refractivity contribution < 1.29 is 9.53 Å². The third-order valence-corrected chi connectivity index (χ3v) is 2.17. The highest BCUT2D eigenvalue weighted by Gasteiger charge is 2.30. The van der Waals surface area contributed by atoms with Crippen LogP contribution in [-0.2, 0) is 4.74 Å². The van der Waals surface area contributed by atoms with Crippen molar-refractivity contribution in [2.75, 3.05) is 13.7 Å². The van der Waals surface area contributed by atoms with E-state index in [1.54, 1.807) is 18.0 Å². The third kappa shape index (κ3) is 2.05. The van der Waals surface area contributed by atoms with Gasteiger partial charge in [-0.15, -0.1) is 0 Å². The Kier molecular flexibility index (Phi) is 3.51. The molecule has 3 nitrogen and oxygen atoms in total. The predicted octanol–water partition coefficient (Wildman–Crippen LogP) is 2.13. The molecule has 0 saturated carbocycles. The zero-order valence-corrected chi connectivity index (χ0v) is 8.56. The number of nitrogens with zero attached hydrogens (tertiary/aromatic N) is 1. The molecule has 0 spiro atoms. The van der Waals surface area contributed by atoms with Crippen LogP contribution in [0, 0.1) is 0 Å². The number of carbonyl (C=O) groups is 1. The van der Waals surface area contributed by atoms with Gasteiger partial charge in [-0.3, -0.25) is 0 Å². The van der Waals surface area contributed by atoms with Crippen LogP contribution >= 0.6 is 0 Å². The lowest BCUT2D eigenvalue weighted by molar-refractivity contribution is 0.163. The third-order valence-electron chi connectivity index (χ3n) is 2.17. The zero-order chi connectivity index (χ0) is 10.6. The molecule has 0 aromatic heterocycles. The number of ether oxygens (including phenoxy) is 1.